The molecule has 11 heavy (non-hydrogen) atoms. The second-order valence-corrected chi connectivity index (χ2v) is 2.53. The molecule has 1 rings (SSSR count). The van der Waals surface area contributed by atoms with Gasteiger partial charge in [0, 0.05) is 6.42 Å². The molecule has 2 nitrogen and oxygen atoms in total. The van der Waals surface area contributed by atoms with E-state index in [9.17, 15) is 13.2 Å². The Morgan fingerprint density at radius 2 is 1.91 bits per heavy atom. The molecular weight excluding hydrogens is 161 g/mol. The Morgan fingerprint density at radius 1 is 1.27 bits per heavy atom. The van der Waals surface area contributed by atoms with Crippen molar-refractivity contribution in [1.29, 1.82) is 0 Å². The number of ether oxygens (including phenoxy) is 2. The average Bonchev–Trinajstić information content (AvgIpc) is 1.86. The van der Waals surface area contributed by atoms with Gasteiger partial charge >= 0.3 is 6.18 Å². The first-order valence-corrected chi connectivity index (χ1v) is 3.30. The van der Waals surface area contributed by atoms with Gasteiger partial charge in [-0.25, -0.2) is 0 Å². The van der Waals surface area contributed by atoms with Crippen molar-refractivity contribution in [3.63, 3.8) is 0 Å². The van der Waals surface area contributed by atoms with Crippen LogP contribution in [0.3, 0.4) is 0 Å². The van der Waals surface area contributed by atoms with Crippen LogP contribution >= 0.6 is 0 Å². The lowest BCUT2D eigenvalue weighted by Gasteiger charge is -2.28. The van der Waals surface area contributed by atoms with Crippen LogP contribution in [0, 0.1) is 0 Å². The highest BCUT2D eigenvalue weighted by molar-refractivity contribution is 4.72. The van der Waals surface area contributed by atoms with E-state index in [1.54, 1.807) is 6.92 Å². The van der Waals surface area contributed by atoms with Crippen LogP contribution in [0.2, 0.25) is 0 Å². The van der Waals surface area contributed by atoms with Crippen molar-refractivity contribution in [3.8, 4) is 0 Å². The van der Waals surface area contributed by atoms with E-state index in [4.69, 9.17) is 4.74 Å². The molecule has 1 fully saturated rings. The molecule has 0 unspecified atom stereocenters. The molecule has 0 aliphatic carbocycles. The predicted octanol–water partition coefficient (Wildman–Crippen LogP) is 1.70. The van der Waals surface area contributed by atoms with Crippen molar-refractivity contribution >= 4 is 0 Å². The lowest BCUT2D eigenvalue weighted by Crippen LogP contribution is -2.39. The van der Waals surface area contributed by atoms with E-state index in [0.29, 0.717) is 0 Å². The molecule has 1 heterocycles. The molecule has 1 aliphatic heterocycles. The second-order valence-electron chi connectivity index (χ2n) is 2.53. The van der Waals surface area contributed by atoms with E-state index >= 15 is 0 Å². The highest BCUT2D eigenvalue weighted by Gasteiger charge is 2.43. The Labute approximate surface area is 62.3 Å². The fourth-order valence-corrected chi connectivity index (χ4v) is 0.903. The van der Waals surface area contributed by atoms with Crippen molar-refractivity contribution in [3.05, 3.63) is 0 Å². The highest BCUT2D eigenvalue weighted by Crippen LogP contribution is 2.29. The van der Waals surface area contributed by atoms with Crippen LogP contribution in [0.15, 0.2) is 0 Å². The second kappa shape index (κ2) is 2.98. The van der Waals surface area contributed by atoms with Gasteiger partial charge in [0.05, 0.1) is 6.10 Å². The molecule has 0 aromatic rings. The SMILES string of the molecule is C[C@H]1C[C@@H](C(F)(F)F)OCO1. The summed E-state index contributed by atoms with van der Waals surface area (Å²) in [7, 11) is 0. The number of hydrogen-bond acceptors (Lipinski definition) is 2. The molecule has 2 atom stereocenters. The number of rotatable bonds is 0. The van der Waals surface area contributed by atoms with Crippen LogP contribution in [-0.4, -0.2) is 25.2 Å². The fraction of sp³-hybridized carbons (Fsp3) is 1.00. The van der Waals surface area contributed by atoms with Gasteiger partial charge in [-0.05, 0) is 6.92 Å². The molecule has 0 saturated carbocycles. The summed E-state index contributed by atoms with van der Waals surface area (Å²) in [5.41, 5.74) is 0. The maximum Gasteiger partial charge on any atom is 0.414 e. The van der Waals surface area contributed by atoms with Crippen LogP contribution in [0.25, 0.3) is 0 Å². The van der Waals surface area contributed by atoms with Crippen molar-refractivity contribution < 1.29 is 22.6 Å². The van der Waals surface area contributed by atoms with E-state index in [-0.39, 0.29) is 19.3 Å². The van der Waals surface area contributed by atoms with Gasteiger partial charge in [0.15, 0.2) is 6.10 Å². The average molecular weight is 170 g/mol. The van der Waals surface area contributed by atoms with Crippen LogP contribution < -0.4 is 0 Å². The number of halogens is 3. The van der Waals surface area contributed by atoms with Crippen molar-refractivity contribution in [1.82, 2.24) is 0 Å². The molecule has 0 amide bonds. The molecule has 1 aliphatic rings. The van der Waals surface area contributed by atoms with Crippen molar-refractivity contribution in [2.24, 2.45) is 0 Å². The van der Waals surface area contributed by atoms with Gasteiger partial charge in [0.2, 0.25) is 0 Å². The number of alkyl halides is 3. The monoisotopic (exact) mass is 170 g/mol. The van der Waals surface area contributed by atoms with Crippen LogP contribution in [0.5, 0.6) is 0 Å². The minimum Gasteiger partial charge on any atom is -0.352 e. The van der Waals surface area contributed by atoms with Crippen LogP contribution in [-0.2, 0) is 9.47 Å². The summed E-state index contributed by atoms with van der Waals surface area (Å²) in [6.45, 7) is 1.34. The first-order valence-electron chi connectivity index (χ1n) is 3.30. The first-order chi connectivity index (χ1) is 5.00. The molecule has 5 heteroatoms. The van der Waals surface area contributed by atoms with E-state index in [1.807, 2.05) is 0 Å². The smallest absolute Gasteiger partial charge is 0.352 e. The summed E-state index contributed by atoms with van der Waals surface area (Å²) in [5, 5.41) is 0. The van der Waals surface area contributed by atoms with E-state index in [0.717, 1.165) is 0 Å². The summed E-state index contributed by atoms with van der Waals surface area (Å²) >= 11 is 0. The standard InChI is InChI=1S/C6H9F3O2/c1-4-2-5(6(7,8)9)11-3-10-4/h4-5H,2-3H2,1H3/t4-,5-/m0/s1. The summed E-state index contributed by atoms with van der Waals surface area (Å²) < 4.78 is 44.9. The van der Waals surface area contributed by atoms with Gasteiger partial charge in [-0.15, -0.1) is 0 Å². The van der Waals surface area contributed by atoms with Gasteiger partial charge in [-0.3, -0.25) is 0 Å². The predicted molar refractivity (Wildman–Crippen MR) is 31.0 cm³/mol. The third-order valence-corrected chi connectivity index (χ3v) is 1.53. The molecule has 0 bridgehead atoms. The van der Waals surface area contributed by atoms with Gasteiger partial charge < -0.3 is 9.47 Å². The summed E-state index contributed by atoms with van der Waals surface area (Å²) in [4.78, 5) is 0. The topological polar surface area (TPSA) is 18.5 Å². The molecule has 1 saturated heterocycles. The van der Waals surface area contributed by atoms with Crippen LogP contribution in [0.4, 0.5) is 13.2 Å². The highest BCUT2D eigenvalue weighted by atomic mass is 19.4. The minimum atomic E-state index is -4.25. The Balaban J connectivity index is 2.46. The third-order valence-electron chi connectivity index (χ3n) is 1.53. The Morgan fingerprint density at radius 3 is 2.27 bits per heavy atom. The van der Waals surface area contributed by atoms with Gasteiger partial charge in [-0.1, -0.05) is 0 Å². The van der Waals surface area contributed by atoms with Gasteiger partial charge in [0.25, 0.3) is 0 Å². The number of hydrogen-bond donors (Lipinski definition) is 0. The van der Waals surface area contributed by atoms with Crippen molar-refractivity contribution in [2.75, 3.05) is 6.79 Å². The zero-order valence-corrected chi connectivity index (χ0v) is 6.02. The summed E-state index contributed by atoms with van der Waals surface area (Å²) in [6, 6.07) is 0. The molecule has 0 radical (unpaired) electrons. The van der Waals surface area contributed by atoms with E-state index in [2.05, 4.69) is 4.74 Å². The maximum atomic E-state index is 11.9. The molecule has 0 spiro atoms. The largest absolute Gasteiger partial charge is 0.414 e. The van der Waals surface area contributed by atoms with E-state index in [1.165, 1.54) is 0 Å². The normalized spacial score (nSPS) is 33.8. The fourth-order valence-electron chi connectivity index (χ4n) is 0.903. The lowest BCUT2D eigenvalue weighted by atomic mass is 10.1. The quantitative estimate of drug-likeness (QED) is 0.550. The molecule has 0 N–H and O–H groups in total. The molecule has 66 valence electrons. The Hall–Kier alpha value is -0.290. The van der Waals surface area contributed by atoms with Crippen LogP contribution in [0.1, 0.15) is 13.3 Å². The summed E-state index contributed by atoms with van der Waals surface area (Å²) in [6.07, 6.45) is -6.37. The zero-order chi connectivity index (χ0) is 8.48. The lowest BCUT2D eigenvalue weighted by molar-refractivity contribution is -0.279. The molecule has 0 aromatic carbocycles. The summed E-state index contributed by atoms with van der Waals surface area (Å²) in [5.74, 6) is 0. The van der Waals surface area contributed by atoms with E-state index < -0.39 is 12.3 Å². The Kier molecular flexibility index (Phi) is 2.39. The maximum absolute atomic E-state index is 11.9. The zero-order valence-electron chi connectivity index (χ0n) is 6.02. The van der Waals surface area contributed by atoms with Gasteiger partial charge in [0.1, 0.15) is 6.79 Å². The molecule has 0 aromatic heterocycles. The minimum absolute atomic E-state index is 0.108. The van der Waals surface area contributed by atoms with Crippen molar-refractivity contribution in [2.45, 2.75) is 31.7 Å². The first kappa shape index (κ1) is 8.80. The van der Waals surface area contributed by atoms with Gasteiger partial charge in [-0.2, -0.15) is 13.2 Å². The third kappa shape index (κ3) is 2.34. The molecular formula is C6H9F3O2. The Bertz CT molecular complexity index is 134.